The first kappa shape index (κ1) is 11.3. The van der Waals surface area contributed by atoms with Gasteiger partial charge in [0.2, 0.25) is 0 Å². The SMILES string of the molecule is CCC[N+](C)=C(Cl)C(N)=C(C)N. The third-order valence-corrected chi connectivity index (χ3v) is 2.03. The predicted molar refractivity (Wildman–Crippen MR) is 53.3 cm³/mol. The minimum atomic E-state index is 0.465. The minimum Gasteiger partial charge on any atom is -0.400 e. The average molecular weight is 191 g/mol. The van der Waals surface area contributed by atoms with E-state index in [1.165, 1.54) is 0 Å². The van der Waals surface area contributed by atoms with Crippen LogP contribution in [0.2, 0.25) is 0 Å². The van der Waals surface area contributed by atoms with Crippen LogP contribution < -0.4 is 11.5 Å². The maximum atomic E-state index is 5.94. The van der Waals surface area contributed by atoms with Gasteiger partial charge in [-0.25, -0.2) is 4.58 Å². The third-order valence-electron chi connectivity index (χ3n) is 1.54. The van der Waals surface area contributed by atoms with Crippen molar-refractivity contribution in [3.63, 3.8) is 0 Å². The van der Waals surface area contributed by atoms with E-state index in [4.69, 9.17) is 23.1 Å². The molecule has 0 unspecified atom stereocenters. The van der Waals surface area contributed by atoms with E-state index in [0.717, 1.165) is 13.0 Å². The van der Waals surface area contributed by atoms with Crippen LogP contribution in [-0.2, 0) is 0 Å². The Morgan fingerprint density at radius 3 is 2.25 bits per heavy atom. The number of nitrogens with two attached hydrogens (primary N) is 2. The van der Waals surface area contributed by atoms with Gasteiger partial charge in [0.05, 0.1) is 0 Å². The fraction of sp³-hybridized carbons (Fsp3) is 0.625. The molecule has 0 aromatic rings. The number of hydrogen-bond donors (Lipinski definition) is 2. The topological polar surface area (TPSA) is 55.0 Å². The standard InChI is InChI=1S/C8H16ClN3/c1-4-5-12(3)8(9)7(11)6(2)10/h10H,4-5,11H2,1-3H3/p+1. The van der Waals surface area contributed by atoms with Gasteiger partial charge in [-0.15, -0.1) is 0 Å². The van der Waals surface area contributed by atoms with E-state index >= 15 is 0 Å². The molecule has 0 aromatic carbocycles. The van der Waals surface area contributed by atoms with Gasteiger partial charge in [-0.3, -0.25) is 0 Å². The van der Waals surface area contributed by atoms with Gasteiger partial charge in [-0.05, 0) is 18.5 Å². The molecule has 4 heteroatoms. The van der Waals surface area contributed by atoms with E-state index in [-0.39, 0.29) is 0 Å². The molecule has 0 radical (unpaired) electrons. The zero-order valence-corrected chi connectivity index (χ0v) is 8.65. The van der Waals surface area contributed by atoms with Crippen molar-refractivity contribution >= 4 is 16.8 Å². The minimum absolute atomic E-state index is 0.465. The molecule has 0 spiro atoms. The predicted octanol–water partition coefficient (Wildman–Crippen LogP) is 0.825. The van der Waals surface area contributed by atoms with Gasteiger partial charge in [-0.2, -0.15) is 0 Å². The fourth-order valence-electron chi connectivity index (χ4n) is 0.802. The number of rotatable bonds is 3. The lowest BCUT2D eigenvalue weighted by Crippen LogP contribution is -2.22. The Hall–Kier alpha value is -0.700. The van der Waals surface area contributed by atoms with Crippen LogP contribution in [0.3, 0.4) is 0 Å². The molecule has 0 aromatic heterocycles. The maximum absolute atomic E-state index is 5.94. The van der Waals surface area contributed by atoms with Crippen LogP contribution in [0.25, 0.3) is 0 Å². The second-order valence-corrected chi connectivity index (χ2v) is 3.17. The highest BCUT2D eigenvalue weighted by Gasteiger charge is 2.11. The molecule has 0 saturated carbocycles. The van der Waals surface area contributed by atoms with Crippen molar-refractivity contribution in [1.29, 1.82) is 0 Å². The molecule has 70 valence electrons. The summed E-state index contributed by atoms with van der Waals surface area (Å²) in [4.78, 5) is 0. The van der Waals surface area contributed by atoms with Crippen molar-refractivity contribution in [3.05, 3.63) is 11.4 Å². The Labute approximate surface area is 78.7 Å². The number of allylic oxidation sites excluding steroid dienone is 2. The van der Waals surface area contributed by atoms with Crippen LogP contribution in [0.5, 0.6) is 0 Å². The second-order valence-electron chi connectivity index (χ2n) is 2.81. The zero-order chi connectivity index (χ0) is 9.72. The smallest absolute Gasteiger partial charge is 0.294 e. The second kappa shape index (κ2) is 5.04. The van der Waals surface area contributed by atoms with Crippen molar-refractivity contribution in [1.82, 2.24) is 0 Å². The lowest BCUT2D eigenvalue weighted by Gasteiger charge is -2.01. The van der Waals surface area contributed by atoms with Gasteiger partial charge < -0.3 is 11.5 Å². The van der Waals surface area contributed by atoms with Crippen molar-refractivity contribution in [2.45, 2.75) is 20.3 Å². The summed E-state index contributed by atoms with van der Waals surface area (Å²) < 4.78 is 1.88. The highest BCUT2D eigenvalue weighted by Crippen LogP contribution is 1.98. The van der Waals surface area contributed by atoms with Crippen LogP contribution in [0, 0.1) is 0 Å². The lowest BCUT2D eigenvalue weighted by atomic mass is 10.3. The zero-order valence-electron chi connectivity index (χ0n) is 7.89. The highest BCUT2D eigenvalue weighted by molar-refractivity contribution is 6.67. The summed E-state index contributed by atoms with van der Waals surface area (Å²) in [7, 11) is 1.89. The summed E-state index contributed by atoms with van der Waals surface area (Å²) >= 11 is 5.94. The van der Waals surface area contributed by atoms with Gasteiger partial charge in [0.1, 0.15) is 19.3 Å². The molecule has 0 aliphatic heterocycles. The van der Waals surface area contributed by atoms with Crippen molar-refractivity contribution in [3.8, 4) is 0 Å². The quantitative estimate of drug-likeness (QED) is 0.512. The molecule has 0 fully saturated rings. The summed E-state index contributed by atoms with van der Waals surface area (Å²) in [5, 5.41) is 0.525. The van der Waals surface area contributed by atoms with Crippen LogP contribution in [-0.4, -0.2) is 23.3 Å². The third kappa shape index (κ3) is 3.13. The number of nitrogens with zero attached hydrogens (tertiary/aromatic N) is 1. The van der Waals surface area contributed by atoms with E-state index in [1.54, 1.807) is 6.92 Å². The van der Waals surface area contributed by atoms with E-state index in [2.05, 4.69) is 6.92 Å². The largest absolute Gasteiger partial charge is 0.400 e. The summed E-state index contributed by atoms with van der Waals surface area (Å²) in [6, 6.07) is 0. The molecule has 0 rings (SSSR count). The molecule has 3 nitrogen and oxygen atoms in total. The molecule has 0 amide bonds. The van der Waals surface area contributed by atoms with Crippen molar-refractivity contribution < 1.29 is 4.58 Å². The van der Waals surface area contributed by atoms with Gasteiger partial charge in [-0.1, -0.05) is 6.92 Å². The van der Waals surface area contributed by atoms with Crippen LogP contribution in [0.15, 0.2) is 11.4 Å². The average Bonchev–Trinajstić information content (AvgIpc) is 2.02. The first-order valence-corrected chi connectivity index (χ1v) is 4.34. The van der Waals surface area contributed by atoms with Crippen molar-refractivity contribution in [2.75, 3.05) is 13.6 Å². The number of halogens is 1. The Morgan fingerprint density at radius 2 is 1.92 bits per heavy atom. The van der Waals surface area contributed by atoms with Gasteiger partial charge in [0.25, 0.3) is 5.17 Å². The summed E-state index contributed by atoms with van der Waals surface area (Å²) in [6.07, 6.45) is 1.03. The molecular formula is C8H17ClN3+. The molecule has 0 saturated heterocycles. The molecule has 12 heavy (non-hydrogen) atoms. The first-order valence-electron chi connectivity index (χ1n) is 3.96. The van der Waals surface area contributed by atoms with E-state index in [1.807, 2.05) is 11.6 Å². The summed E-state index contributed by atoms with van der Waals surface area (Å²) in [5.41, 5.74) is 12.2. The van der Waals surface area contributed by atoms with Crippen LogP contribution in [0.4, 0.5) is 0 Å². The lowest BCUT2D eigenvalue weighted by molar-refractivity contribution is -0.494. The summed E-state index contributed by atoms with van der Waals surface area (Å²) in [5.74, 6) is 0. The van der Waals surface area contributed by atoms with Gasteiger partial charge in [0.15, 0.2) is 0 Å². The van der Waals surface area contributed by atoms with Crippen molar-refractivity contribution in [2.24, 2.45) is 11.5 Å². The Balaban J connectivity index is 4.67. The molecule has 0 aliphatic rings. The van der Waals surface area contributed by atoms with E-state index < -0.39 is 0 Å². The fourth-order valence-corrected chi connectivity index (χ4v) is 1.04. The molecule has 0 heterocycles. The Bertz CT molecular complexity index is 214. The molecule has 0 aliphatic carbocycles. The Morgan fingerprint density at radius 1 is 1.42 bits per heavy atom. The van der Waals surface area contributed by atoms with Gasteiger partial charge >= 0.3 is 0 Å². The van der Waals surface area contributed by atoms with E-state index in [0.29, 0.717) is 16.6 Å². The molecular weight excluding hydrogens is 174 g/mol. The number of hydrogen-bond acceptors (Lipinski definition) is 2. The molecule has 0 bridgehead atoms. The van der Waals surface area contributed by atoms with Crippen LogP contribution in [0.1, 0.15) is 20.3 Å². The monoisotopic (exact) mass is 190 g/mol. The van der Waals surface area contributed by atoms with E-state index in [9.17, 15) is 0 Å². The molecule has 4 N–H and O–H groups in total. The highest BCUT2D eigenvalue weighted by atomic mass is 35.5. The summed E-state index contributed by atoms with van der Waals surface area (Å²) in [6.45, 7) is 4.69. The van der Waals surface area contributed by atoms with Crippen LogP contribution >= 0.6 is 11.6 Å². The first-order chi connectivity index (χ1) is 5.50. The Kier molecular flexibility index (Phi) is 4.74. The van der Waals surface area contributed by atoms with Gasteiger partial charge in [0, 0.05) is 12.1 Å². The normalized spacial score (nSPS) is 15.3. The molecule has 0 atom stereocenters. The maximum Gasteiger partial charge on any atom is 0.294 e.